The van der Waals surface area contributed by atoms with Crippen molar-refractivity contribution in [3.8, 4) is 0 Å². The molecule has 0 fully saturated rings. The molecule has 0 radical (unpaired) electrons. The molecule has 0 aliphatic rings. The van der Waals surface area contributed by atoms with E-state index in [9.17, 15) is 0 Å². The van der Waals surface area contributed by atoms with Gasteiger partial charge in [0.25, 0.3) is 0 Å². The van der Waals surface area contributed by atoms with Crippen molar-refractivity contribution in [2.45, 2.75) is 24.8 Å². The first kappa shape index (κ1) is 14.9. The van der Waals surface area contributed by atoms with E-state index in [0.717, 1.165) is 17.3 Å². The van der Waals surface area contributed by atoms with E-state index in [-0.39, 0.29) is 0 Å². The molecule has 0 amide bonds. The van der Waals surface area contributed by atoms with Crippen molar-refractivity contribution in [2.24, 2.45) is 0 Å². The van der Waals surface area contributed by atoms with Crippen LogP contribution >= 0.6 is 34.7 Å². The summed E-state index contributed by atoms with van der Waals surface area (Å²) in [5.74, 6) is 1.02. The van der Waals surface area contributed by atoms with Gasteiger partial charge in [-0.3, -0.25) is 0 Å². The fourth-order valence-electron chi connectivity index (χ4n) is 1.87. The summed E-state index contributed by atoms with van der Waals surface area (Å²) in [5.41, 5.74) is 0. The molecule has 2 aromatic rings. The molecule has 0 aliphatic heterocycles. The van der Waals surface area contributed by atoms with Crippen molar-refractivity contribution < 1.29 is 0 Å². The number of benzene rings is 1. The molecule has 1 N–H and O–H groups in total. The first-order valence-electron chi connectivity index (χ1n) is 6.37. The summed E-state index contributed by atoms with van der Waals surface area (Å²) in [4.78, 5) is 4.00. The Morgan fingerprint density at radius 1 is 1.32 bits per heavy atom. The van der Waals surface area contributed by atoms with Crippen molar-refractivity contribution in [2.75, 3.05) is 12.3 Å². The number of nitrogens with one attached hydrogen (secondary N) is 1. The highest BCUT2D eigenvalue weighted by atomic mass is 35.5. The number of halogens is 1. The van der Waals surface area contributed by atoms with E-state index < -0.39 is 0 Å². The topological polar surface area (TPSA) is 12.0 Å². The van der Waals surface area contributed by atoms with Crippen LogP contribution < -0.4 is 5.32 Å². The Morgan fingerprint density at radius 2 is 2.16 bits per heavy atom. The van der Waals surface area contributed by atoms with E-state index in [1.165, 1.54) is 14.6 Å². The van der Waals surface area contributed by atoms with Crippen molar-refractivity contribution in [1.82, 2.24) is 5.32 Å². The third kappa shape index (κ3) is 4.53. The molecule has 0 saturated carbocycles. The molecule has 0 spiro atoms. The van der Waals surface area contributed by atoms with Gasteiger partial charge in [-0.2, -0.15) is 0 Å². The molecule has 1 aromatic heterocycles. The fourth-order valence-corrected chi connectivity index (χ4v) is 4.22. The molecule has 1 aromatic carbocycles. The maximum Gasteiger partial charge on any atom is 0.0510 e. The highest BCUT2D eigenvalue weighted by molar-refractivity contribution is 7.99. The summed E-state index contributed by atoms with van der Waals surface area (Å²) >= 11 is 9.73. The summed E-state index contributed by atoms with van der Waals surface area (Å²) in [6.07, 6.45) is 0. The molecule has 1 unspecified atom stereocenters. The van der Waals surface area contributed by atoms with Gasteiger partial charge in [0.05, 0.1) is 6.04 Å². The molecule has 19 heavy (non-hydrogen) atoms. The molecule has 4 heteroatoms. The average Bonchev–Trinajstić information content (AvgIpc) is 2.81. The highest BCUT2D eigenvalue weighted by Crippen LogP contribution is 2.29. The van der Waals surface area contributed by atoms with Crippen molar-refractivity contribution >= 4 is 34.7 Å². The van der Waals surface area contributed by atoms with Crippen LogP contribution in [0, 0.1) is 6.92 Å². The summed E-state index contributed by atoms with van der Waals surface area (Å²) in [6.45, 7) is 5.29. The smallest absolute Gasteiger partial charge is 0.0510 e. The van der Waals surface area contributed by atoms with Crippen molar-refractivity contribution in [1.29, 1.82) is 0 Å². The summed E-state index contributed by atoms with van der Waals surface area (Å²) < 4.78 is 0. The number of thiophene rings is 1. The van der Waals surface area contributed by atoms with Crippen LogP contribution in [-0.4, -0.2) is 12.3 Å². The van der Waals surface area contributed by atoms with E-state index in [1.807, 2.05) is 41.3 Å². The predicted molar refractivity (Wildman–Crippen MR) is 87.6 cm³/mol. The first-order valence-corrected chi connectivity index (χ1v) is 8.55. The third-order valence-corrected chi connectivity index (χ3v) is 5.20. The minimum absolute atomic E-state index is 0.410. The van der Waals surface area contributed by atoms with Gasteiger partial charge < -0.3 is 5.32 Å². The molecule has 2 rings (SSSR count). The zero-order valence-corrected chi connectivity index (χ0v) is 13.5. The predicted octanol–water partition coefficient (Wildman–Crippen LogP) is 5.15. The van der Waals surface area contributed by atoms with Crippen molar-refractivity contribution in [3.05, 3.63) is 51.2 Å². The van der Waals surface area contributed by atoms with Gasteiger partial charge >= 0.3 is 0 Å². The van der Waals surface area contributed by atoms with E-state index in [4.69, 9.17) is 11.6 Å². The van der Waals surface area contributed by atoms with Gasteiger partial charge in [-0.25, -0.2) is 0 Å². The summed E-state index contributed by atoms with van der Waals surface area (Å²) in [5, 5.41) is 4.36. The lowest BCUT2D eigenvalue weighted by molar-refractivity contribution is 0.615. The normalized spacial score (nSPS) is 12.6. The van der Waals surface area contributed by atoms with Crippen LogP contribution in [0.3, 0.4) is 0 Å². The van der Waals surface area contributed by atoms with Crippen LogP contribution in [0.15, 0.2) is 41.3 Å². The van der Waals surface area contributed by atoms with Gasteiger partial charge in [0.2, 0.25) is 0 Å². The quantitative estimate of drug-likeness (QED) is 0.740. The lowest BCUT2D eigenvalue weighted by Gasteiger charge is -2.16. The average molecular weight is 312 g/mol. The van der Waals surface area contributed by atoms with Crippen LogP contribution in [0.1, 0.15) is 22.7 Å². The van der Waals surface area contributed by atoms with Gasteiger partial charge in [-0.05, 0) is 43.8 Å². The van der Waals surface area contributed by atoms with E-state index >= 15 is 0 Å². The van der Waals surface area contributed by atoms with E-state index in [2.05, 4.69) is 37.4 Å². The monoisotopic (exact) mass is 311 g/mol. The minimum Gasteiger partial charge on any atom is -0.309 e. The summed E-state index contributed by atoms with van der Waals surface area (Å²) in [6, 6.07) is 12.9. The van der Waals surface area contributed by atoms with E-state index in [1.54, 1.807) is 0 Å². The van der Waals surface area contributed by atoms with Crippen molar-refractivity contribution in [3.63, 3.8) is 0 Å². The van der Waals surface area contributed by atoms with Gasteiger partial charge in [0.1, 0.15) is 0 Å². The lowest BCUT2D eigenvalue weighted by atomic mass is 10.2. The largest absolute Gasteiger partial charge is 0.309 e. The highest BCUT2D eigenvalue weighted by Gasteiger charge is 2.12. The zero-order chi connectivity index (χ0) is 13.7. The molecule has 0 aliphatic carbocycles. The Bertz CT molecular complexity index is 524. The molecule has 102 valence electrons. The van der Waals surface area contributed by atoms with Gasteiger partial charge in [-0.1, -0.05) is 24.6 Å². The Hall–Kier alpha value is -0.480. The van der Waals surface area contributed by atoms with Gasteiger partial charge in [0.15, 0.2) is 0 Å². The molecular formula is C15H18ClNS2. The number of hydrogen-bond donors (Lipinski definition) is 1. The Balaban J connectivity index is 2.01. The number of aryl methyl sites for hydroxylation is 1. The van der Waals surface area contributed by atoms with Crippen LogP contribution in [0.5, 0.6) is 0 Å². The maximum atomic E-state index is 6.01. The number of thioether (sulfide) groups is 1. The summed E-state index contributed by atoms with van der Waals surface area (Å²) in [7, 11) is 0. The van der Waals surface area contributed by atoms with Crippen LogP contribution in [0.25, 0.3) is 0 Å². The Morgan fingerprint density at radius 3 is 2.79 bits per heavy atom. The first-order chi connectivity index (χ1) is 9.19. The molecular weight excluding hydrogens is 294 g/mol. The maximum absolute atomic E-state index is 6.01. The van der Waals surface area contributed by atoms with Crippen LogP contribution in [0.2, 0.25) is 5.02 Å². The molecule has 1 atom stereocenters. The second-order valence-electron chi connectivity index (χ2n) is 4.33. The molecule has 1 heterocycles. The Kier molecular flexibility index (Phi) is 5.76. The second-order valence-corrected chi connectivity index (χ2v) is 7.18. The Labute approximate surface area is 128 Å². The number of rotatable bonds is 6. The van der Waals surface area contributed by atoms with Crippen LogP contribution in [0.4, 0.5) is 0 Å². The molecule has 0 saturated heterocycles. The van der Waals surface area contributed by atoms with Gasteiger partial charge in [0, 0.05) is 25.4 Å². The standard InChI is InChI=1S/C15H18ClNS2/c1-3-17-14(15-8-7-11(2)19-15)10-18-13-6-4-5-12(16)9-13/h4-9,14,17H,3,10H2,1-2H3. The second kappa shape index (κ2) is 7.34. The fraction of sp³-hybridized carbons (Fsp3) is 0.333. The SMILES string of the molecule is CCNC(CSc1cccc(Cl)c1)c1ccc(C)s1. The lowest BCUT2D eigenvalue weighted by Crippen LogP contribution is -2.21. The molecule has 0 bridgehead atoms. The van der Waals surface area contributed by atoms with Crippen LogP contribution in [-0.2, 0) is 0 Å². The zero-order valence-electron chi connectivity index (χ0n) is 11.2. The minimum atomic E-state index is 0.410. The number of hydrogen-bond acceptors (Lipinski definition) is 3. The van der Waals surface area contributed by atoms with Gasteiger partial charge in [-0.15, -0.1) is 23.1 Å². The van der Waals surface area contributed by atoms with E-state index in [0.29, 0.717) is 6.04 Å². The molecule has 1 nitrogen and oxygen atoms in total. The third-order valence-electron chi connectivity index (χ3n) is 2.77.